The molecule has 1 unspecified atom stereocenters. The van der Waals surface area contributed by atoms with E-state index in [2.05, 4.69) is 27.3 Å². The molecular formula is C20H24ClN5O2. The molecule has 1 aromatic heterocycles. The summed E-state index contributed by atoms with van der Waals surface area (Å²) in [7, 11) is 0. The number of piperazine rings is 1. The fraction of sp³-hybridized carbons (Fsp3) is 0.350. The lowest BCUT2D eigenvalue weighted by Gasteiger charge is -2.40. The standard InChI is InChI=1S/C20H24ClN5O2/c21-18-16(7-4-9-23-18)20(28)26-12-11-25(13-15-5-2-1-3-6-15)14-17(26)19(27)24-10-8-22/h1-7,9,17H,8,10-14,22H2,(H,24,27). The van der Waals surface area contributed by atoms with Crippen LogP contribution in [-0.2, 0) is 11.3 Å². The van der Waals surface area contributed by atoms with Gasteiger partial charge in [0.25, 0.3) is 5.91 Å². The average Bonchev–Trinajstić information content (AvgIpc) is 2.72. The van der Waals surface area contributed by atoms with E-state index in [1.807, 2.05) is 18.2 Å². The number of benzene rings is 1. The molecule has 3 N–H and O–H groups in total. The van der Waals surface area contributed by atoms with Gasteiger partial charge < -0.3 is 16.0 Å². The van der Waals surface area contributed by atoms with E-state index in [1.165, 1.54) is 11.8 Å². The number of pyridine rings is 1. The molecular weight excluding hydrogens is 378 g/mol. The van der Waals surface area contributed by atoms with Gasteiger partial charge in [-0.25, -0.2) is 4.98 Å². The Morgan fingerprint density at radius 1 is 1.18 bits per heavy atom. The Bertz CT molecular complexity index is 817. The van der Waals surface area contributed by atoms with Crippen molar-refractivity contribution in [2.75, 3.05) is 32.7 Å². The van der Waals surface area contributed by atoms with E-state index in [-0.39, 0.29) is 17.0 Å². The summed E-state index contributed by atoms with van der Waals surface area (Å²) in [6, 6.07) is 12.7. The molecule has 0 spiro atoms. The molecule has 1 aromatic carbocycles. The number of nitrogens with two attached hydrogens (primary N) is 1. The van der Waals surface area contributed by atoms with Crippen molar-refractivity contribution in [1.82, 2.24) is 20.1 Å². The quantitative estimate of drug-likeness (QED) is 0.708. The van der Waals surface area contributed by atoms with E-state index < -0.39 is 6.04 Å². The number of rotatable bonds is 6. The lowest BCUT2D eigenvalue weighted by molar-refractivity contribution is -0.127. The van der Waals surface area contributed by atoms with Crippen LogP contribution in [0.4, 0.5) is 0 Å². The summed E-state index contributed by atoms with van der Waals surface area (Å²) in [5.41, 5.74) is 6.98. The van der Waals surface area contributed by atoms with Crippen LogP contribution in [0.25, 0.3) is 0 Å². The Hall–Kier alpha value is -2.48. The van der Waals surface area contributed by atoms with Crippen LogP contribution < -0.4 is 11.1 Å². The highest BCUT2D eigenvalue weighted by Gasteiger charge is 2.36. The van der Waals surface area contributed by atoms with Crippen LogP contribution in [0.3, 0.4) is 0 Å². The predicted octanol–water partition coefficient (Wildman–Crippen LogP) is 1.14. The third-order valence-electron chi connectivity index (χ3n) is 4.71. The highest BCUT2D eigenvalue weighted by molar-refractivity contribution is 6.32. The summed E-state index contributed by atoms with van der Waals surface area (Å²) < 4.78 is 0. The summed E-state index contributed by atoms with van der Waals surface area (Å²) in [5.74, 6) is -0.498. The fourth-order valence-corrected chi connectivity index (χ4v) is 3.51. The van der Waals surface area contributed by atoms with Crippen molar-refractivity contribution in [3.8, 4) is 0 Å². The van der Waals surface area contributed by atoms with Crippen molar-refractivity contribution in [2.45, 2.75) is 12.6 Å². The molecule has 8 heteroatoms. The molecule has 7 nitrogen and oxygen atoms in total. The van der Waals surface area contributed by atoms with Crippen LogP contribution in [0, 0.1) is 0 Å². The van der Waals surface area contributed by atoms with Crippen LogP contribution in [0.1, 0.15) is 15.9 Å². The van der Waals surface area contributed by atoms with Crippen LogP contribution in [0.2, 0.25) is 5.15 Å². The minimum Gasteiger partial charge on any atom is -0.353 e. The van der Waals surface area contributed by atoms with Crippen LogP contribution in [0.5, 0.6) is 0 Å². The monoisotopic (exact) mass is 401 g/mol. The van der Waals surface area contributed by atoms with Crippen LogP contribution in [0.15, 0.2) is 48.7 Å². The van der Waals surface area contributed by atoms with Gasteiger partial charge in [0, 0.05) is 45.5 Å². The number of nitrogens with one attached hydrogen (secondary N) is 1. The van der Waals surface area contributed by atoms with E-state index >= 15 is 0 Å². The van der Waals surface area contributed by atoms with Gasteiger partial charge in [-0.3, -0.25) is 14.5 Å². The van der Waals surface area contributed by atoms with Crippen LogP contribution >= 0.6 is 11.6 Å². The first-order valence-corrected chi connectivity index (χ1v) is 9.63. The number of halogens is 1. The second-order valence-corrected chi connectivity index (χ2v) is 7.01. The van der Waals surface area contributed by atoms with Gasteiger partial charge in [0.15, 0.2) is 0 Å². The average molecular weight is 402 g/mol. The SMILES string of the molecule is NCCNC(=O)C1CN(Cc2ccccc2)CCN1C(=O)c1cccnc1Cl. The number of aromatic nitrogens is 1. The smallest absolute Gasteiger partial charge is 0.257 e. The molecule has 0 radical (unpaired) electrons. The lowest BCUT2D eigenvalue weighted by Crippen LogP contribution is -2.60. The van der Waals surface area contributed by atoms with Gasteiger partial charge in [-0.05, 0) is 17.7 Å². The third kappa shape index (κ3) is 4.86. The summed E-state index contributed by atoms with van der Waals surface area (Å²) in [6.45, 7) is 2.96. The van der Waals surface area contributed by atoms with Crippen molar-refractivity contribution in [2.24, 2.45) is 5.73 Å². The molecule has 0 saturated carbocycles. The van der Waals surface area contributed by atoms with Crippen molar-refractivity contribution in [3.05, 3.63) is 64.9 Å². The molecule has 3 rings (SSSR count). The maximum Gasteiger partial charge on any atom is 0.257 e. The van der Waals surface area contributed by atoms with E-state index in [1.54, 1.807) is 17.0 Å². The van der Waals surface area contributed by atoms with Crippen molar-refractivity contribution < 1.29 is 9.59 Å². The maximum absolute atomic E-state index is 13.1. The first-order valence-electron chi connectivity index (χ1n) is 9.25. The van der Waals surface area contributed by atoms with Gasteiger partial charge in [-0.1, -0.05) is 41.9 Å². The summed E-state index contributed by atoms with van der Waals surface area (Å²) in [5, 5.41) is 2.94. The zero-order valence-electron chi connectivity index (χ0n) is 15.6. The molecule has 1 aliphatic heterocycles. The number of amides is 2. The molecule has 1 saturated heterocycles. The van der Waals surface area contributed by atoms with Gasteiger partial charge in [0.2, 0.25) is 5.91 Å². The number of hydrogen-bond acceptors (Lipinski definition) is 5. The van der Waals surface area contributed by atoms with Crippen molar-refractivity contribution >= 4 is 23.4 Å². The summed E-state index contributed by atoms with van der Waals surface area (Å²) >= 11 is 6.10. The van der Waals surface area contributed by atoms with Gasteiger partial charge in [-0.2, -0.15) is 0 Å². The first-order chi connectivity index (χ1) is 13.6. The van der Waals surface area contributed by atoms with Gasteiger partial charge >= 0.3 is 0 Å². The van der Waals surface area contributed by atoms with E-state index in [4.69, 9.17) is 17.3 Å². The number of carbonyl (C=O) groups excluding carboxylic acids is 2. The molecule has 2 heterocycles. The maximum atomic E-state index is 13.1. The van der Waals surface area contributed by atoms with Gasteiger partial charge in [0.1, 0.15) is 11.2 Å². The van der Waals surface area contributed by atoms with Gasteiger partial charge in [0.05, 0.1) is 5.56 Å². The Morgan fingerprint density at radius 2 is 1.96 bits per heavy atom. The highest BCUT2D eigenvalue weighted by atomic mass is 35.5. The fourth-order valence-electron chi connectivity index (χ4n) is 3.31. The molecule has 1 fully saturated rings. The number of carbonyl (C=O) groups is 2. The first kappa shape index (κ1) is 20.3. The number of hydrogen-bond donors (Lipinski definition) is 2. The second kappa shape index (κ2) is 9.64. The molecule has 0 aliphatic carbocycles. The molecule has 28 heavy (non-hydrogen) atoms. The predicted molar refractivity (Wildman–Crippen MR) is 108 cm³/mol. The largest absolute Gasteiger partial charge is 0.353 e. The Kier molecular flexibility index (Phi) is 6.97. The second-order valence-electron chi connectivity index (χ2n) is 6.66. The molecule has 2 aromatic rings. The molecule has 0 bridgehead atoms. The van der Waals surface area contributed by atoms with E-state index in [0.717, 1.165) is 6.54 Å². The zero-order valence-corrected chi connectivity index (χ0v) is 16.3. The van der Waals surface area contributed by atoms with E-state index in [9.17, 15) is 9.59 Å². The Labute approximate surface area is 169 Å². The van der Waals surface area contributed by atoms with E-state index in [0.29, 0.717) is 38.3 Å². The molecule has 1 aliphatic rings. The molecule has 1 atom stereocenters. The van der Waals surface area contributed by atoms with Crippen LogP contribution in [-0.4, -0.2) is 65.4 Å². The molecule has 2 amide bonds. The minimum atomic E-state index is -0.618. The number of nitrogens with zero attached hydrogens (tertiary/aromatic N) is 3. The lowest BCUT2D eigenvalue weighted by atomic mass is 10.1. The van der Waals surface area contributed by atoms with Crippen molar-refractivity contribution in [3.63, 3.8) is 0 Å². The summed E-state index contributed by atoms with van der Waals surface area (Å²) in [6.07, 6.45) is 1.53. The topological polar surface area (TPSA) is 91.6 Å². The van der Waals surface area contributed by atoms with Crippen molar-refractivity contribution in [1.29, 1.82) is 0 Å². The molecule has 148 valence electrons. The normalized spacial score (nSPS) is 17.4. The third-order valence-corrected chi connectivity index (χ3v) is 5.01. The highest BCUT2D eigenvalue weighted by Crippen LogP contribution is 2.20. The zero-order chi connectivity index (χ0) is 19.9. The van der Waals surface area contributed by atoms with Gasteiger partial charge in [-0.15, -0.1) is 0 Å². The Morgan fingerprint density at radius 3 is 2.68 bits per heavy atom. The summed E-state index contributed by atoms with van der Waals surface area (Å²) in [4.78, 5) is 33.5. The minimum absolute atomic E-state index is 0.139. The Balaban J connectivity index is 1.78.